The van der Waals surface area contributed by atoms with Gasteiger partial charge in [-0.2, -0.15) is 0 Å². The first kappa shape index (κ1) is 21.7. The summed E-state index contributed by atoms with van der Waals surface area (Å²) in [7, 11) is -0.885. The van der Waals surface area contributed by atoms with Crippen molar-refractivity contribution in [2.24, 2.45) is 0 Å². The third-order valence-electron chi connectivity index (χ3n) is 5.39. The van der Waals surface area contributed by atoms with Crippen LogP contribution in [0.5, 0.6) is 23.0 Å². The summed E-state index contributed by atoms with van der Waals surface area (Å²) in [5.74, 6) is 2.09. The number of rotatable bonds is 8. The van der Waals surface area contributed by atoms with E-state index in [0.717, 1.165) is 5.56 Å². The van der Waals surface area contributed by atoms with Gasteiger partial charge in [0.25, 0.3) is 0 Å². The summed E-state index contributed by atoms with van der Waals surface area (Å²) in [5, 5.41) is 0. The van der Waals surface area contributed by atoms with Gasteiger partial charge in [-0.1, -0.05) is 6.07 Å². The SMILES string of the molecule is COc1ccc(S(=O)(=O)NCC(c2ccc3c(c2)OCO3)N2CCOCC2)c(OC)c1. The first-order valence-corrected chi connectivity index (χ1v) is 11.4. The second-order valence-electron chi connectivity index (χ2n) is 7.15. The largest absolute Gasteiger partial charge is 0.497 e. The van der Waals surface area contributed by atoms with E-state index in [-0.39, 0.29) is 30.0 Å². The number of morpholine rings is 1. The molecule has 168 valence electrons. The van der Waals surface area contributed by atoms with Gasteiger partial charge in [0, 0.05) is 31.7 Å². The molecule has 2 aromatic rings. The van der Waals surface area contributed by atoms with Gasteiger partial charge in [0.2, 0.25) is 16.8 Å². The van der Waals surface area contributed by atoms with Crippen molar-refractivity contribution in [3.05, 3.63) is 42.0 Å². The van der Waals surface area contributed by atoms with E-state index in [0.29, 0.717) is 43.6 Å². The van der Waals surface area contributed by atoms with E-state index < -0.39 is 10.0 Å². The zero-order valence-electron chi connectivity index (χ0n) is 17.5. The van der Waals surface area contributed by atoms with Crippen LogP contribution in [-0.4, -0.2) is 67.2 Å². The summed E-state index contributed by atoms with van der Waals surface area (Å²) in [6.07, 6.45) is 0. The molecule has 4 rings (SSSR count). The molecular weight excluding hydrogens is 424 g/mol. The Balaban J connectivity index is 1.58. The molecular formula is C21H26N2O7S. The van der Waals surface area contributed by atoms with Gasteiger partial charge < -0.3 is 23.7 Å². The molecule has 0 aliphatic carbocycles. The van der Waals surface area contributed by atoms with E-state index in [1.807, 2.05) is 18.2 Å². The number of methoxy groups -OCH3 is 2. The number of nitrogens with zero attached hydrogens (tertiary/aromatic N) is 1. The van der Waals surface area contributed by atoms with E-state index in [9.17, 15) is 8.42 Å². The molecule has 1 N–H and O–H groups in total. The van der Waals surface area contributed by atoms with E-state index in [1.54, 1.807) is 12.1 Å². The van der Waals surface area contributed by atoms with Gasteiger partial charge in [-0.15, -0.1) is 0 Å². The zero-order valence-corrected chi connectivity index (χ0v) is 18.3. The first-order chi connectivity index (χ1) is 15.0. The van der Waals surface area contributed by atoms with Crippen LogP contribution in [0.25, 0.3) is 0 Å². The van der Waals surface area contributed by atoms with Crippen LogP contribution >= 0.6 is 0 Å². The van der Waals surface area contributed by atoms with Crippen molar-refractivity contribution >= 4 is 10.0 Å². The Kier molecular flexibility index (Phi) is 6.51. The monoisotopic (exact) mass is 450 g/mol. The highest BCUT2D eigenvalue weighted by Gasteiger charge is 2.28. The van der Waals surface area contributed by atoms with Gasteiger partial charge >= 0.3 is 0 Å². The van der Waals surface area contributed by atoms with Crippen molar-refractivity contribution in [2.45, 2.75) is 10.9 Å². The molecule has 0 bridgehead atoms. The maximum Gasteiger partial charge on any atom is 0.244 e. The van der Waals surface area contributed by atoms with Crippen LogP contribution in [0.2, 0.25) is 0 Å². The summed E-state index contributed by atoms with van der Waals surface area (Å²) in [6, 6.07) is 10.1. The minimum absolute atomic E-state index is 0.0576. The zero-order chi connectivity index (χ0) is 21.8. The molecule has 2 aliphatic rings. The topological polar surface area (TPSA) is 95.6 Å². The summed E-state index contributed by atoms with van der Waals surface area (Å²) in [4.78, 5) is 2.26. The molecule has 2 aliphatic heterocycles. The minimum atomic E-state index is -3.83. The van der Waals surface area contributed by atoms with Gasteiger partial charge in [-0.25, -0.2) is 13.1 Å². The second-order valence-corrected chi connectivity index (χ2v) is 8.88. The van der Waals surface area contributed by atoms with E-state index in [2.05, 4.69) is 9.62 Å². The highest BCUT2D eigenvalue weighted by molar-refractivity contribution is 7.89. The molecule has 2 aromatic carbocycles. The molecule has 0 amide bonds. The molecule has 1 unspecified atom stereocenters. The average Bonchev–Trinajstić information content (AvgIpc) is 3.27. The molecule has 0 aromatic heterocycles. The van der Waals surface area contributed by atoms with Crippen molar-refractivity contribution in [1.82, 2.24) is 9.62 Å². The van der Waals surface area contributed by atoms with Crippen LogP contribution in [0.4, 0.5) is 0 Å². The summed E-state index contributed by atoms with van der Waals surface area (Å²) in [6.45, 7) is 2.96. The van der Waals surface area contributed by atoms with Crippen LogP contribution in [0.15, 0.2) is 41.3 Å². The smallest absolute Gasteiger partial charge is 0.244 e. The predicted molar refractivity (Wildman–Crippen MR) is 112 cm³/mol. The number of hydrogen-bond acceptors (Lipinski definition) is 8. The van der Waals surface area contributed by atoms with Crippen LogP contribution in [0, 0.1) is 0 Å². The van der Waals surface area contributed by atoms with Crippen molar-refractivity contribution in [1.29, 1.82) is 0 Å². The molecule has 1 atom stereocenters. The minimum Gasteiger partial charge on any atom is -0.497 e. The Bertz CT molecular complexity index is 1020. The standard InChI is InChI=1S/C21H26N2O7S/c1-26-16-4-6-21(20(12-16)27-2)31(24,25)22-13-17(23-7-9-28-10-8-23)15-3-5-18-19(11-15)30-14-29-18/h3-6,11-12,17,22H,7-10,13-14H2,1-2H3. The Labute approximate surface area is 181 Å². The molecule has 9 nitrogen and oxygen atoms in total. The lowest BCUT2D eigenvalue weighted by Crippen LogP contribution is -2.43. The maximum absolute atomic E-state index is 13.1. The van der Waals surface area contributed by atoms with Crippen molar-refractivity contribution in [3.8, 4) is 23.0 Å². The number of sulfonamides is 1. The van der Waals surface area contributed by atoms with Crippen LogP contribution in [0.3, 0.4) is 0 Å². The van der Waals surface area contributed by atoms with E-state index in [1.165, 1.54) is 20.3 Å². The fraction of sp³-hybridized carbons (Fsp3) is 0.429. The molecule has 2 heterocycles. The highest BCUT2D eigenvalue weighted by atomic mass is 32.2. The second kappa shape index (κ2) is 9.31. The number of ether oxygens (including phenoxy) is 5. The lowest BCUT2D eigenvalue weighted by atomic mass is 10.0. The molecule has 10 heteroatoms. The lowest BCUT2D eigenvalue weighted by Gasteiger charge is -2.35. The predicted octanol–water partition coefficient (Wildman–Crippen LogP) is 1.78. The van der Waals surface area contributed by atoms with Crippen LogP contribution < -0.4 is 23.7 Å². The molecule has 1 saturated heterocycles. The van der Waals surface area contributed by atoms with Crippen molar-refractivity contribution < 1.29 is 32.1 Å². The molecule has 0 radical (unpaired) electrons. The summed E-state index contributed by atoms with van der Waals surface area (Å²) >= 11 is 0. The number of nitrogens with one attached hydrogen (secondary N) is 1. The number of benzene rings is 2. The quantitative estimate of drug-likeness (QED) is 0.650. The summed E-state index contributed by atoms with van der Waals surface area (Å²) in [5.41, 5.74) is 0.940. The van der Waals surface area contributed by atoms with Crippen molar-refractivity contribution in [2.75, 3.05) is 53.9 Å². The van der Waals surface area contributed by atoms with E-state index in [4.69, 9.17) is 23.7 Å². The van der Waals surface area contributed by atoms with Gasteiger partial charge in [0.15, 0.2) is 11.5 Å². The first-order valence-electron chi connectivity index (χ1n) is 9.95. The van der Waals surface area contributed by atoms with Crippen molar-refractivity contribution in [3.63, 3.8) is 0 Å². The normalized spacial score (nSPS) is 17.4. The fourth-order valence-corrected chi connectivity index (χ4v) is 4.92. The Morgan fingerprint density at radius 3 is 2.55 bits per heavy atom. The molecule has 1 fully saturated rings. The van der Waals surface area contributed by atoms with Crippen LogP contribution in [-0.2, 0) is 14.8 Å². The Morgan fingerprint density at radius 2 is 1.81 bits per heavy atom. The van der Waals surface area contributed by atoms with Gasteiger partial charge in [-0.05, 0) is 29.8 Å². The summed E-state index contributed by atoms with van der Waals surface area (Å²) < 4.78 is 55.8. The van der Waals surface area contributed by atoms with Gasteiger partial charge in [0.05, 0.1) is 27.4 Å². The average molecular weight is 451 g/mol. The van der Waals surface area contributed by atoms with Gasteiger partial charge in [0.1, 0.15) is 16.4 Å². The third kappa shape index (κ3) is 4.72. The number of fused-ring (bicyclic) bond motifs is 1. The molecule has 31 heavy (non-hydrogen) atoms. The Morgan fingerprint density at radius 1 is 1.03 bits per heavy atom. The fourth-order valence-electron chi connectivity index (χ4n) is 3.73. The van der Waals surface area contributed by atoms with E-state index >= 15 is 0 Å². The maximum atomic E-state index is 13.1. The van der Waals surface area contributed by atoms with Gasteiger partial charge in [-0.3, -0.25) is 4.90 Å². The lowest BCUT2D eigenvalue weighted by molar-refractivity contribution is 0.0171. The highest BCUT2D eigenvalue weighted by Crippen LogP contribution is 2.36. The molecule has 0 saturated carbocycles. The van der Waals surface area contributed by atoms with Crippen LogP contribution in [0.1, 0.15) is 11.6 Å². The molecule has 0 spiro atoms. The third-order valence-corrected chi connectivity index (χ3v) is 6.86. The Hall–Kier alpha value is -2.53. The number of hydrogen-bond donors (Lipinski definition) is 1.